The number of rotatable bonds is 8. The molecule has 0 radical (unpaired) electrons. The Hall–Kier alpha value is -2.64. The molecular formula is C21H25N3O3S. The van der Waals surface area contributed by atoms with E-state index in [1.165, 1.54) is 16.9 Å². The lowest BCUT2D eigenvalue weighted by Gasteiger charge is -2.22. The molecule has 1 atom stereocenters. The Morgan fingerprint density at radius 2 is 2.00 bits per heavy atom. The first-order valence-corrected chi connectivity index (χ1v) is 9.89. The van der Waals surface area contributed by atoms with E-state index in [1.54, 1.807) is 6.26 Å². The van der Waals surface area contributed by atoms with Crippen molar-refractivity contribution in [3.8, 4) is 5.75 Å². The molecule has 1 unspecified atom stereocenters. The van der Waals surface area contributed by atoms with Gasteiger partial charge in [-0.2, -0.15) is 0 Å². The highest BCUT2D eigenvalue weighted by Gasteiger charge is 2.20. The number of thiazole rings is 1. The van der Waals surface area contributed by atoms with E-state index in [2.05, 4.69) is 10.3 Å². The quantitative estimate of drug-likeness (QED) is 0.621. The van der Waals surface area contributed by atoms with E-state index < -0.39 is 0 Å². The van der Waals surface area contributed by atoms with Crippen LogP contribution in [0, 0.1) is 13.8 Å². The minimum Gasteiger partial charge on any atom is -0.486 e. The molecule has 2 heterocycles. The van der Waals surface area contributed by atoms with Crippen molar-refractivity contribution in [2.75, 3.05) is 20.6 Å². The molecule has 148 valence electrons. The Kier molecular flexibility index (Phi) is 6.49. The minimum atomic E-state index is -0.130. The highest BCUT2D eigenvalue weighted by molar-refractivity contribution is 7.13. The molecule has 0 spiro atoms. The summed E-state index contributed by atoms with van der Waals surface area (Å²) in [5.74, 6) is 1.48. The van der Waals surface area contributed by atoms with Gasteiger partial charge >= 0.3 is 0 Å². The number of aryl methyl sites for hydroxylation is 2. The Morgan fingerprint density at radius 1 is 1.25 bits per heavy atom. The van der Waals surface area contributed by atoms with E-state index in [4.69, 9.17) is 9.15 Å². The molecule has 1 aromatic carbocycles. The second kappa shape index (κ2) is 9.03. The van der Waals surface area contributed by atoms with Crippen LogP contribution in [0.1, 0.15) is 37.7 Å². The summed E-state index contributed by atoms with van der Waals surface area (Å²) in [6, 6.07) is 11.6. The molecule has 1 N–H and O–H groups in total. The summed E-state index contributed by atoms with van der Waals surface area (Å²) in [5.41, 5.74) is 1.89. The Morgan fingerprint density at radius 3 is 2.64 bits per heavy atom. The third kappa shape index (κ3) is 4.99. The van der Waals surface area contributed by atoms with Crippen molar-refractivity contribution in [1.82, 2.24) is 15.2 Å². The largest absolute Gasteiger partial charge is 0.486 e. The molecule has 3 rings (SSSR count). The van der Waals surface area contributed by atoms with Gasteiger partial charge < -0.3 is 14.5 Å². The monoisotopic (exact) mass is 399 g/mol. The molecule has 0 saturated heterocycles. The van der Waals surface area contributed by atoms with Crippen molar-refractivity contribution in [2.24, 2.45) is 0 Å². The summed E-state index contributed by atoms with van der Waals surface area (Å²) in [6.45, 7) is 4.67. The molecule has 6 nitrogen and oxygen atoms in total. The van der Waals surface area contributed by atoms with Crippen molar-refractivity contribution < 1.29 is 13.9 Å². The van der Waals surface area contributed by atoms with Gasteiger partial charge in [0.25, 0.3) is 5.91 Å². The number of hydrogen-bond donors (Lipinski definition) is 1. The highest BCUT2D eigenvalue weighted by Crippen LogP contribution is 2.22. The van der Waals surface area contributed by atoms with Crippen LogP contribution in [0.5, 0.6) is 5.75 Å². The Bertz CT molecular complexity index is 902. The van der Waals surface area contributed by atoms with Gasteiger partial charge in [0.1, 0.15) is 28.0 Å². The number of carbonyl (C=O) groups is 1. The van der Waals surface area contributed by atoms with E-state index in [1.807, 2.05) is 69.2 Å². The summed E-state index contributed by atoms with van der Waals surface area (Å²) in [4.78, 5) is 19.8. The van der Waals surface area contributed by atoms with E-state index >= 15 is 0 Å². The number of carbonyl (C=O) groups excluding carboxylic acids is 1. The molecule has 0 bridgehead atoms. The van der Waals surface area contributed by atoms with Crippen molar-refractivity contribution in [2.45, 2.75) is 26.5 Å². The van der Waals surface area contributed by atoms with E-state index in [-0.39, 0.29) is 11.9 Å². The molecule has 2 aromatic heterocycles. The topological polar surface area (TPSA) is 67.6 Å². The molecule has 3 aromatic rings. The van der Waals surface area contributed by atoms with E-state index in [0.29, 0.717) is 23.7 Å². The van der Waals surface area contributed by atoms with Gasteiger partial charge in [0.15, 0.2) is 0 Å². The van der Waals surface area contributed by atoms with Gasteiger partial charge in [0, 0.05) is 6.54 Å². The number of benzene rings is 1. The van der Waals surface area contributed by atoms with Crippen molar-refractivity contribution in [3.05, 3.63) is 69.6 Å². The lowest BCUT2D eigenvalue weighted by molar-refractivity contribution is 0.0942. The fourth-order valence-electron chi connectivity index (χ4n) is 2.79. The van der Waals surface area contributed by atoms with Crippen LogP contribution >= 0.6 is 11.3 Å². The van der Waals surface area contributed by atoms with Gasteiger partial charge in [-0.25, -0.2) is 4.98 Å². The zero-order valence-electron chi connectivity index (χ0n) is 16.6. The molecule has 0 aliphatic rings. The van der Waals surface area contributed by atoms with Crippen molar-refractivity contribution in [1.29, 1.82) is 0 Å². The molecule has 0 saturated carbocycles. The maximum Gasteiger partial charge on any atom is 0.263 e. The first kappa shape index (κ1) is 20.1. The second-order valence-corrected chi connectivity index (χ2v) is 7.91. The summed E-state index contributed by atoms with van der Waals surface area (Å²) >= 11 is 1.36. The third-order valence-corrected chi connectivity index (χ3v) is 5.51. The number of aromatic nitrogens is 1. The van der Waals surface area contributed by atoms with Gasteiger partial charge in [0.2, 0.25) is 0 Å². The zero-order valence-corrected chi connectivity index (χ0v) is 17.4. The van der Waals surface area contributed by atoms with Gasteiger partial charge in [-0.05, 0) is 52.2 Å². The van der Waals surface area contributed by atoms with Gasteiger partial charge in [-0.3, -0.25) is 9.69 Å². The van der Waals surface area contributed by atoms with E-state index in [9.17, 15) is 4.79 Å². The van der Waals surface area contributed by atoms with Crippen molar-refractivity contribution in [3.63, 3.8) is 0 Å². The number of nitrogens with zero attached hydrogens (tertiary/aromatic N) is 2. The fraction of sp³-hybridized carbons (Fsp3) is 0.333. The smallest absolute Gasteiger partial charge is 0.263 e. The van der Waals surface area contributed by atoms with E-state index in [0.717, 1.165) is 16.5 Å². The summed E-state index contributed by atoms with van der Waals surface area (Å²) in [6.07, 6.45) is 1.64. The number of furan rings is 1. The molecule has 28 heavy (non-hydrogen) atoms. The maximum atomic E-state index is 12.7. The Balaban J connectivity index is 1.60. The SMILES string of the molecule is Cc1ccc(OCc2nc(C)c(C(=O)NCC(c3ccco3)N(C)C)s2)cc1. The maximum absolute atomic E-state index is 12.7. The predicted octanol–water partition coefficient (Wildman–Crippen LogP) is 3.96. The molecule has 0 fully saturated rings. The lowest BCUT2D eigenvalue weighted by atomic mass is 10.2. The number of ether oxygens (including phenoxy) is 1. The van der Waals surface area contributed by atoms with Crippen LogP contribution in [0.25, 0.3) is 0 Å². The molecule has 0 aliphatic heterocycles. The number of likely N-dealkylation sites (N-methyl/N-ethyl adjacent to an activating group) is 1. The van der Waals surface area contributed by atoms with Crippen LogP contribution in [0.2, 0.25) is 0 Å². The first-order chi connectivity index (χ1) is 13.4. The number of amides is 1. The number of hydrogen-bond acceptors (Lipinski definition) is 6. The van der Waals surface area contributed by atoms with Crippen LogP contribution in [0.15, 0.2) is 47.1 Å². The average Bonchev–Trinajstić information content (AvgIpc) is 3.31. The zero-order chi connectivity index (χ0) is 20.1. The predicted molar refractivity (Wildman–Crippen MR) is 110 cm³/mol. The standard InChI is InChI=1S/C21H25N3O3S/c1-14-7-9-16(10-8-14)27-13-19-23-15(2)20(28-19)21(25)22-12-17(24(3)4)18-6-5-11-26-18/h5-11,17H,12-13H2,1-4H3,(H,22,25). The highest BCUT2D eigenvalue weighted by atomic mass is 32.1. The van der Waals surface area contributed by atoms with Crippen LogP contribution in [0.3, 0.4) is 0 Å². The summed E-state index contributed by atoms with van der Waals surface area (Å²) < 4.78 is 11.3. The molecular weight excluding hydrogens is 374 g/mol. The first-order valence-electron chi connectivity index (χ1n) is 9.08. The normalized spacial score (nSPS) is 12.2. The molecule has 1 amide bonds. The lowest BCUT2D eigenvalue weighted by Crippen LogP contribution is -2.34. The minimum absolute atomic E-state index is 0.0310. The average molecular weight is 400 g/mol. The summed E-state index contributed by atoms with van der Waals surface area (Å²) in [7, 11) is 3.91. The fourth-order valence-corrected chi connectivity index (χ4v) is 3.69. The van der Waals surface area contributed by atoms with Crippen molar-refractivity contribution >= 4 is 17.2 Å². The number of nitrogens with one attached hydrogen (secondary N) is 1. The van der Waals surface area contributed by atoms with Gasteiger partial charge in [0.05, 0.1) is 18.0 Å². The third-order valence-electron chi connectivity index (χ3n) is 4.38. The second-order valence-electron chi connectivity index (χ2n) is 6.83. The summed E-state index contributed by atoms with van der Waals surface area (Å²) in [5, 5.41) is 3.77. The van der Waals surface area contributed by atoms with Crippen LogP contribution in [-0.2, 0) is 6.61 Å². The molecule has 0 aliphatic carbocycles. The van der Waals surface area contributed by atoms with Crippen LogP contribution in [-0.4, -0.2) is 36.4 Å². The molecule has 7 heteroatoms. The Labute approximate surface area is 169 Å². The van der Waals surface area contributed by atoms with Crippen LogP contribution < -0.4 is 10.1 Å². The van der Waals surface area contributed by atoms with Gasteiger partial charge in [-0.1, -0.05) is 17.7 Å². The van der Waals surface area contributed by atoms with Gasteiger partial charge in [-0.15, -0.1) is 11.3 Å². The van der Waals surface area contributed by atoms with Crippen LogP contribution in [0.4, 0.5) is 0 Å².